The van der Waals surface area contributed by atoms with Crippen molar-refractivity contribution in [3.05, 3.63) is 17.9 Å². The van der Waals surface area contributed by atoms with E-state index in [0.717, 1.165) is 38.3 Å². The lowest BCUT2D eigenvalue weighted by Gasteiger charge is -2.27. The molecule has 0 amide bonds. The van der Waals surface area contributed by atoms with Crippen molar-refractivity contribution in [3.63, 3.8) is 0 Å². The summed E-state index contributed by atoms with van der Waals surface area (Å²) in [7, 11) is 0. The molecule has 0 spiro atoms. The fourth-order valence-electron chi connectivity index (χ4n) is 3.10. The summed E-state index contributed by atoms with van der Waals surface area (Å²) in [4.78, 5) is 4.70. The summed E-state index contributed by atoms with van der Waals surface area (Å²) in [5.74, 6) is -0.106. The maximum atomic E-state index is 13.8. The van der Waals surface area contributed by atoms with Crippen molar-refractivity contribution in [1.82, 2.24) is 4.90 Å². The zero-order valence-electron chi connectivity index (χ0n) is 13.2. The Morgan fingerprint density at radius 3 is 2.67 bits per heavy atom. The van der Waals surface area contributed by atoms with Crippen LogP contribution in [-0.4, -0.2) is 43.7 Å². The summed E-state index contributed by atoms with van der Waals surface area (Å²) in [5, 5.41) is 0. The lowest BCUT2D eigenvalue weighted by molar-refractivity contribution is 0.232. The molecular weight excluding hydrogens is 269 g/mol. The predicted octanol–water partition coefficient (Wildman–Crippen LogP) is 2.73. The van der Waals surface area contributed by atoms with E-state index in [1.165, 1.54) is 6.07 Å². The van der Waals surface area contributed by atoms with Gasteiger partial charge in [-0.3, -0.25) is 4.90 Å². The zero-order chi connectivity index (χ0) is 15.4. The van der Waals surface area contributed by atoms with Gasteiger partial charge in [-0.05, 0) is 26.4 Å². The Labute approximate surface area is 126 Å². The molecule has 1 unspecified atom stereocenters. The molecule has 0 saturated carbocycles. The van der Waals surface area contributed by atoms with Crippen LogP contribution in [0.5, 0.6) is 5.75 Å². The Morgan fingerprint density at radius 2 is 2.05 bits per heavy atom. The Morgan fingerprint density at radius 1 is 1.33 bits per heavy atom. The number of rotatable bonds is 6. The monoisotopic (exact) mass is 295 g/mol. The number of hydrogen-bond donors (Lipinski definition) is 1. The van der Waals surface area contributed by atoms with Crippen LogP contribution in [0, 0.1) is 5.82 Å². The number of anilines is 2. The van der Waals surface area contributed by atoms with Gasteiger partial charge in [0.2, 0.25) is 0 Å². The molecule has 1 atom stereocenters. The minimum atomic E-state index is -0.391. The minimum absolute atomic E-state index is 0.285. The van der Waals surface area contributed by atoms with Crippen LogP contribution in [0.25, 0.3) is 0 Å². The summed E-state index contributed by atoms with van der Waals surface area (Å²) in [6.07, 6.45) is 1.11. The van der Waals surface area contributed by atoms with Gasteiger partial charge in [-0.2, -0.15) is 0 Å². The van der Waals surface area contributed by atoms with Gasteiger partial charge in [-0.15, -0.1) is 0 Å². The van der Waals surface area contributed by atoms with E-state index in [2.05, 4.69) is 23.6 Å². The first-order chi connectivity index (χ1) is 10.1. The Hall–Kier alpha value is -1.49. The number of halogens is 1. The largest absolute Gasteiger partial charge is 0.491 e. The van der Waals surface area contributed by atoms with E-state index >= 15 is 0 Å². The van der Waals surface area contributed by atoms with Gasteiger partial charge < -0.3 is 15.4 Å². The molecular formula is C16H26FN3O. The Kier molecular flexibility index (Phi) is 5.28. The summed E-state index contributed by atoms with van der Waals surface area (Å²) >= 11 is 0. The second-order valence-electron chi connectivity index (χ2n) is 5.38. The standard InChI is InChI=1S/C16H26FN3O/c1-4-19(5-2)12-7-8-20(11-12)15-10-16(21-6-3)13(17)9-14(15)18/h9-10,12H,4-8,11,18H2,1-3H3. The SMILES string of the molecule is CCOc1cc(N2CCC(N(CC)CC)C2)c(N)cc1F. The van der Waals surface area contributed by atoms with Gasteiger partial charge in [0.25, 0.3) is 0 Å². The molecule has 118 valence electrons. The smallest absolute Gasteiger partial charge is 0.167 e. The molecule has 1 aliphatic rings. The number of nitrogen functional groups attached to an aromatic ring is 1. The van der Waals surface area contributed by atoms with E-state index in [1.807, 2.05) is 6.92 Å². The summed E-state index contributed by atoms with van der Waals surface area (Å²) in [6, 6.07) is 3.64. The fraction of sp³-hybridized carbons (Fsp3) is 0.625. The van der Waals surface area contributed by atoms with Gasteiger partial charge in [0.05, 0.1) is 18.0 Å². The number of ether oxygens (including phenoxy) is 1. The van der Waals surface area contributed by atoms with Crippen LogP contribution in [-0.2, 0) is 0 Å². The molecule has 0 aliphatic carbocycles. The number of hydrogen-bond acceptors (Lipinski definition) is 4. The molecule has 1 heterocycles. The van der Waals surface area contributed by atoms with Gasteiger partial charge in [0.15, 0.2) is 11.6 Å². The summed E-state index contributed by atoms with van der Waals surface area (Å²) < 4.78 is 19.1. The lowest BCUT2D eigenvalue weighted by atomic mass is 10.2. The lowest BCUT2D eigenvalue weighted by Crippen LogP contribution is -2.37. The maximum Gasteiger partial charge on any atom is 0.167 e. The Bertz CT molecular complexity index is 477. The van der Waals surface area contributed by atoms with Gasteiger partial charge in [0.1, 0.15) is 0 Å². The summed E-state index contributed by atoms with van der Waals surface area (Å²) in [6.45, 7) is 10.7. The van der Waals surface area contributed by atoms with Crippen molar-refractivity contribution < 1.29 is 9.13 Å². The van der Waals surface area contributed by atoms with Crippen molar-refractivity contribution in [3.8, 4) is 5.75 Å². The van der Waals surface area contributed by atoms with Gasteiger partial charge >= 0.3 is 0 Å². The van der Waals surface area contributed by atoms with E-state index in [0.29, 0.717) is 18.3 Å². The highest BCUT2D eigenvalue weighted by Crippen LogP contribution is 2.33. The molecule has 4 nitrogen and oxygen atoms in total. The van der Waals surface area contributed by atoms with Crippen LogP contribution >= 0.6 is 0 Å². The summed E-state index contributed by atoms with van der Waals surface area (Å²) in [5.41, 5.74) is 7.37. The Balaban J connectivity index is 2.17. The molecule has 2 N–H and O–H groups in total. The van der Waals surface area contributed by atoms with Gasteiger partial charge in [0, 0.05) is 31.3 Å². The third-order valence-corrected chi connectivity index (χ3v) is 4.21. The normalized spacial score (nSPS) is 18.5. The molecule has 0 radical (unpaired) electrons. The molecule has 0 aromatic heterocycles. The van der Waals surface area contributed by atoms with E-state index < -0.39 is 5.82 Å². The average Bonchev–Trinajstić information content (AvgIpc) is 2.93. The van der Waals surface area contributed by atoms with Crippen LogP contribution in [0.15, 0.2) is 12.1 Å². The van der Waals surface area contributed by atoms with Crippen molar-refractivity contribution in [1.29, 1.82) is 0 Å². The highest BCUT2D eigenvalue weighted by atomic mass is 19.1. The average molecular weight is 295 g/mol. The topological polar surface area (TPSA) is 41.7 Å². The minimum Gasteiger partial charge on any atom is -0.491 e. The van der Waals surface area contributed by atoms with Crippen LogP contribution in [0.1, 0.15) is 27.2 Å². The highest BCUT2D eigenvalue weighted by molar-refractivity contribution is 5.70. The second kappa shape index (κ2) is 6.98. The fourth-order valence-corrected chi connectivity index (χ4v) is 3.10. The van der Waals surface area contributed by atoms with Crippen molar-refractivity contribution >= 4 is 11.4 Å². The molecule has 2 rings (SSSR count). The van der Waals surface area contributed by atoms with Crippen LogP contribution in [0.3, 0.4) is 0 Å². The zero-order valence-corrected chi connectivity index (χ0v) is 13.2. The third-order valence-electron chi connectivity index (χ3n) is 4.21. The van der Waals surface area contributed by atoms with E-state index in [4.69, 9.17) is 10.5 Å². The van der Waals surface area contributed by atoms with Crippen molar-refractivity contribution in [2.75, 3.05) is 43.4 Å². The molecule has 1 saturated heterocycles. The molecule has 0 bridgehead atoms. The highest BCUT2D eigenvalue weighted by Gasteiger charge is 2.28. The number of nitrogens with two attached hydrogens (primary N) is 1. The van der Waals surface area contributed by atoms with Crippen LogP contribution < -0.4 is 15.4 Å². The van der Waals surface area contributed by atoms with Gasteiger partial charge in [-0.25, -0.2) is 4.39 Å². The first kappa shape index (κ1) is 15.9. The molecule has 5 heteroatoms. The van der Waals surface area contributed by atoms with E-state index in [1.54, 1.807) is 6.07 Å². The van der Waals surface area contributed by atoms with Gasteiger partial charge in [-0.1, -0.05) is 13.8 Å². The molecule has 1 aromatic rings. The molecule has 1 aliphatic heterocycles. The van der Waals surface area contributed by atoms with E-state index in [9.17, 15) is 4.39 Å². The quantitative estimate of drug-likeness (QED) is 0.819. The molecule has 21 heavy (non-hydrogen) atoms. The first-order valence-corrected chi connectivity index (χ1v) is 7.81. The van der Waals surface area contributed by atoms with Crippen LogP contribution in [0.2, 0.25) is 0 Å². The number of benzene rings is 1. The predicted molar refractivity (Wildman–Crippen MR) is 85.5 cm³/mol. The first-order valence-electron chi connectivity index (χ1n) is 7.81. The van der Waals surface area contributed by atoms with Crippen LogP contribution in [0.4, 0.5) is 15.8 Å². The van der Waals surface area contributed by atoms with Crippen molar-refractivity contribution in [2.45, 2.75) is 33.2 Å². The van der Waals surface area contributed by atoms with E-state index in [-0.39, 0.29) is 5.75 Å². The number of likely N-dealkylation sites (N-methyl/N-ethyl adjacent to an activating group) is 1. The molecule has 1 aromatic carbocycles. The second-order valence-corrected chi connectivity index (χ2v) is 5.38. The van der Waals surface area contributed by atoms with Crippen molar-refractivity contribution in [2.24, 2.45) is 0 Å². The molecule has 1 fully saturated rings. The third kappa shape index (κ3) is 3.40. The maximum absolute atomic E-state index is 13.8. The number of nitrogens with zero attached hydrogens (tertiary/aromatic N) is 2.